The molecular weight excluding hydrogens is 698 g/mol. The topological polar surface area (TPSA) is 130 Å². The predicted molar refractivity (Wildman–Crippen MR) is 177 cm³/mol. The first-order valence-corrected chi connectivity index (χ1v) is 16.7. The Hall–Kier alpha value is -4.67. The van der Waals surface area contributed by atoms with Crippen LogP contribution in [0.3, 0.4) is 0 Å². The van der Waals surface area contributed by atoms with Crippen molar-refractivity contribution < 1.29 is 50.5 Å². The van der Waals surface area contributed by atoms with Crippen molar-refractivity contribution >= 4 is 23.7 Å². The monoisotopic (exact) mass is 738 g/mol. The maximum absolute atomic E-state index is 13.8. The Labute approximate surface area is 296 Å². The summed E-state index contributed by atoms with van der Waals surface area (Å²) in [7, 11) is 1.41. The maximum atomic E-state index is 13.8. The first kappa shape index (κ1) is 38.6. The minimum absolute atomic E-state index is 0.00826. The molecule has 1 aromatic carbocycles. The molecule has 0 saturated carbocycles. The Morgan fingerprint density at radius 2 is 1.69 bits per heavy atom. The number of hydrogen-bond acceptors (Lipinski definition) is 9. The molecule has 0 bridgehead atoms. The van der Waals surface area contributed by atoms with Crippen molar-refractivity contribution in [3.8, 4) is 5.88 Å². The molecule has 1 fully saturated rings. The number of fused-ring (bicyclic) bond motifs is 1. The fraction of sp³-hybridized carbons (Fsp3) is 0.514. The second-order valence-electron chi connectivity index (χ2n) is 13.8. The van der Waals surface area contributed by atoms with Crippen molar-refractivity contribution in [1.82, 2.24) is 19.9 Å². The number of halogens is 6. The molecule has 2 aliphatic rings. The number of carboxylic acid groups (broad SMARTS) is 1. The number of hydrogen-bond donors (Lipinski definition) is 2. The Bertz CT molecular complexity index is 1760. The third-order valence-electron chi connectivity index (χ3n) is 8.92. The summed E-state index contributed by atoms with van der Waals surface area (Å²) in [6.45, 7) is 7.60. The van der Waals surface area contributed by atoms with Crippen LogP contribution >= 0.6 is 0 Å². The van der Waals surface area contributed by atoms with Gasteiger partial charge in [-0.2, -0.15) is 26.3 Å². The summed E-state index contributed by atoms with van der Waals surface area (Å²) < 4.78 is 93.6. The molecule has 2 aromatic heterocycles. The van der Waals surface area contributed by atoms with Gasteiger partial charge in [-0.05, 0) is 82.8 Å². The standard InChI is InChI=1S/C35H40F6N6O5/c1-6-23-16-25(29-26(47(23)32(49)50)9-10-28(45-29)51-5)44-31-42-17-20(18-46-11-7-8-27(46)30(48)52-33(2,3)4)24(43-31)14-19-12-21(34(36,37)38)15-22(13-19)35(39,40)41/h9-10,12-13,15,17,23,25,27H,6-8,11,14,16,18H2,1-5H3,(H,49,50)(H,42,43,44)/t23-,25+,27+/m1/s1. The van der Waals surface area contributed by atoms with Crippen LogP contribution in [0.15, 0.2) is 36.5 Å². The number of ether oxygens (including phenoxy) is 2. The number of amides is 1. The number of alkyl halides is 6. The van der Waals surface area contributed by atoms with Gasteiger partial charge in [0.2, 0.25) is 11.8 Å². The van der Waals surface area contributed by atoms with Crippen LogP contribution in [0.2, 0.25) is 0 Å². The molecule has 11 nitrogen and oxygen atoms in total. The van der Waals surface area contributed by atoms with Crippen LogP contribution in [0, 0.1) is 0 Å². The number of methoxy groups -OCH3 is 1. The van der Waals surface area contributed by atoms with E-state index in [1.807, 2.05) is 11.8 Å². The molecule has 52 heavy (non-hydrogen) atoms. The SMILES string of the molecule is CC[C@@H]1C[C@H](Nc2ncc(CN3CCC[C@H]3C(=O)OC(C)(C)C)c(Cc3cc(C(F)(F)F)cc(C(F)(F)F)c3)n2)c2nc(OC)ccc2N1C(=O)O. The van der Waals surface area contributed by atoms with Crippen molar-refractivity contribution in [2.45, 2.75) is 102 Å². The molecule has 1 amide bonds. The van der Waals surface area contributed by atoms with E-state index in [2.05, 4.69) is 20.3 Å². The van der Waals surface area contributed by atoms with E-state index in [0.717, 1.165) is 0 Å². The van der Waals surface area contributed by atoms with E-state index in [1.54, 1.807) is 26.8 Å². The largest absolute Gasteiger partial charge is 0.481 e. The van der Waals surface area contributed by atoms with Crippen LogP contribution < -0.4 is 15.0 Å². The number of anilines is 2. The number of carbonyl (C=O) groups is 2. The summed E-state index contributed by atoms with van der Waals surface area (Å²) in [5.41, 5.74) is -2.78. The summed E-state index contributed by atoms with van der Waals surface area (Å²) >= 11 is 0. The molecule has 282 valence electrons. The number of aromatic nitrogens is 3. The second kappa shape index (κ2) is 14.8. The molecule has 4 heterocycles. The third-order valence-corrected chi connectivity index (χ3v) is 8.92. The van der Waals surface area contributed by atoms with Gasteiger partial charge in [0.25, 0.3) is 0 Å². The van der Waals surface area contributed by atoms with E-state index in [-0.39, 0.29) is 42.1 Å². The van der Waals surface area contributed by atoms with E-state index in [9.17, 15) is 41.0 Å². The first-order chi connectivity index (χ1) is 24.3. The van der Waals surface area contributed by atoms with Crippen molar-refractivity contribution in [1.29, 1.82) is 0 Å². The molecule has 5 rings (SSSR count). The van der Waals surface area contributed by atoms with Gasteiger partial charge < -0.3 is 19.9 Å². The minimum atomic E-state index is -5.05. The Kier molecular flexibility index (Phi) is 10.9. The highest BCUT2D eigenvalue weighted by atomic mass is 19.4. The number of likely N-dealkylation sites (tertiary alicyclic amines) is 1. The average Bonchev–Trinajstić information content (AvgIpc) is 3.52. The van der Waals surface area contributed by atoms with Crippen LogP contribution in [0.5, 0.6) is 5.88 Å². The van der Waals surface area contributed by atoms with Gasteiger partial charge in [0.1, 0.15) is 11.6 Å². The van der Waals surface area contributed by atoms with Crippen LogP contribution in [-0.4, -0.2) is 68.4 Å². The molecule has 0 radical (unpaired) electrons. The van der Waals surface area contributed by atoms with E-state index in [1.165, 1.54) is 24.3 Å². The quantitative estimate of drug-likeness (QED) is 0.167. The first-order valence-electron chi connectivity index (χ1n) is 16.7. The molecule has 0 spiro atoms. The van der Waals surface area contributed by atoms with Crippen LogP contribution in [0.4, 0.5) is 42.8 Å². The predicted octanol–water partition coefficient (Wildman–Crippen LogP) is 7.63. The summed E-state index contributed by atoms with van der Waals surface area (Å²) in [5, 5.41) is 13.2. The number of nitrogens with one attached hydrogen (secondary N) is 1. The number of rotatable bonds is 9. The highest BCUT2D eigenvalue weighted by Gasteiger charge is 2.39. The van der Waals surface area contributed by atoms with Crippen molar-refractivity contribution in [3.05, 3.63) is 70.2 Å². The fourth-order valence-electron chi connectivity index (χ4n) is 6.58. The Balaban J connectivity index is 1.56. The van der Waals surface area contributed by atoms with E-state index in [4.69, 9.17) is 9.47 Å². The van der Waals surface area contributed by atoms with Gasteiger partial charge in [0.15, 0.2) is 0 Å². The smallest absolute Gasteiger partial charge is 0.416 e. The third kappa shape index (κ3) is 8.85. The van der Waals surface area contributed by atoms with Gasteiger partial charge in [0.05, 0.1) is 41.4 Å². The lowest BCUT2D eigenvalue weighted by Crippen LogP contribution is -2.45. The molecule has 3 atom stereocenters. The molecule has 0 aliphatic carbocycles. The maximum Gasteiger partial charge on any atom is 0.416 e. The van der Waals surface area contributed by atoms with Gasteiger partial charge in [-0.15, -0.1) is 0 Å². The zero-order valence-electron chi connectivity index (χ0n) is 29.2. The van der Waals surface area contributed by atoms with Crippen molar-refractivity contribution in [3.63, 3.8) is 0 Å². The van der Waals surface area contributed by atoms with Gasteiger partial charge >= 0.3 is 24.4 Å². The molecule has 0 unspecified atom stereocenters. The number of esters is 1. The van der Waals surface area contributed by atoms with Crippen LogP contribution in [-0.2, 0) is 34.8 Å². The lowest BCUT2D eigenvalue weighted by atomic mass is 9.93. The highest BCUT2D eigenvalue weighted by Crippen LogP contribution is 2.40. The summed E-state index contributed by atoms with van der Waals surface area (Å²) in [6.07, 6.45) is -8.42. The Morgan fingerprint density at radius 3 is 2.27 bits per heavy atom. The average molecular weight is 739 g/mol. The van der Waals surface area contributed by atoms with E-state index >= 15 is 0 Å². The molecule has 3 aromatic rings. The fourth-order valence-corrected chi connectivity index (χ4v) is 6.58. The van der Waals surface area contributed by atoms with Gasteiger partial charge in [-0.1, -0.05) is 6.92 Å². The molecule has 2 N–H and O–H groups in total. The minimum Gasteiger partial charge on any atom is -0.481 e. The second-order valence-corrected chi connectivity index (χ2v) is 13.8. The number of benzene rings is 1. The molecule has 17 heteroatoms. The zero-order chi connectivity index (χ0) is 38.2. The van der Waals surface area contributed by atoms with Crippen LogP contribution in [0.1, 0.15) is 93.1 Å². The van der Waals surface area contributed by atoms with Crippen molar-refractivity contribution in [2.24, 2.45) is 0 Å². The molecule has 1 saturated heterocycles. The summed E-state index contributed by atoms with van der Waals surface area (Å²) in [6, 6.07) is 2.75. The van der Waals surface area contributed by atoms with Gasteiger partial charge in [-0.3, -0.25) is 14.6 Å². The highest BCUT2D eigenvalue weighted by molar-refractivity contribution is 5.88. The zero-order valence-corrected chi connectivity index (χ0v) is 29.2. The van der Waals surface area contributed by atoms with E-state index < -0.39 is 65.7 Å². The molecule has 2 aliphatic heterocycles. The lowest BCUT2D eigenvalue weighted by Gasteiger charge is -2.38. The normalized spacial score (nSPS) is 19.7. The van der Waals surface area contributed by atoms with Crippen LogP contribution in [0.25, 0.3) is 0 Å². The number of nitrogens with zero attached hydrogens (tertiary/aromatic N) is 5. The summed E-state index contributed by atoms with van der Waals surface area (Å²) in [5.74, 6) is -0.234. The number of pyridine rings is 1. The van der Waals surface area contributed by atoms with E-state index in [0.29, 0.717) is 54.9 Å². The lowest BCUT2D eigenvalue weighted by molar-refractivity contribution is -0.160. The van der Waals surface area contributed by atoms with Gasteiger partial charge in [-0.25, -0.2) is 19.7 Å². The Morgan fingerprint density at radius 1 is 1.02 bits per heavy atom. The summed E-state index contributed by atoms with van der Waals surface area (Å²) in [4.78, 5) is 42.0. The van der Waals surface area contributed by atoms with Gasteiger partial charge in [0, 0.05) is 36.8 Å². The number of carbonyl (C=O) groups excluding carboxylic acids is 1. The molecular formula is C35H40F6N6O5. The van der Waals surface area contributed by atoms with Crippen molar-refractivity contribution in [2.75, 3.05) is 23.9 Å².